The molecule has 0 radical (unpaired) electrons. The van der Waals surface area contributed by atoms with Crippen LogP contribution in [0.5, 0.6) is 11.5 Å². The van der Waals surface area contributed by atoms with E-state index in [4.69, 9.17) is 67.1 Å². The average Bonchev–Trinajstić information content (AvgIpc) is 3.07. The predicted molar refractivity (Wildman–Crippen MR) is 167 cm³/mol. The monoisotopic (exact) mass is 682 g/mol. The van der Waals surface area contributed by atoms with Gasteiger partial charge in [-0.3, -0.25) is 0 Å². The van der Waals surface area contributed by atoms with Crippen molar-refractivity contribution in [3.05, 3.63) is 23.8 Å². The molecule has 1 aromatic rings. The highest BCUT2D eigenvalue weighted by Crippen LogP contribution is 2.23. The van der Waals surface area contributed by atoms with Crippen LogP contribution in [0.1, 0.15) is 10.4 Å². The molecular weight excluding hydrogens is 628 g/mol. The summed E-state index contributed by atoms with van der Waals surface area (Å²) in [4.78, 5) is 11.5. The quantitative estimate of drug-likeness (QED) is 0.0812. The second kappa shape index (κ2) is 33.7. The highest BCUT2D eigenvalue weighted by molar-refractivity contribution is 5.88. The second-order valence-corrected chi connectivity index (χ2v) is 9.27. The Morgan fingerprint density at radius 1 is 0.383 bits per heavy atom. The van der Waals surface area contributed by atoms with E-state index in [9.17, 15) is 9.90 Å². The molecule has 0 fully saturated rings. The van der Waals surface area contributed by atoms with Crippen molar-refractivity contribution >= 4 is 5.97 Å². The van der Waals surface area contributed by atoms with E-state index in [1.807, 2.05) is 0 Å². The fourth-order valence-electron chi connectivity index (χ4n) is 3.39. The summed E-state index contributed by atoms with van der Waals surface area (Å²) in [6.07, 6.45) is 0. The van der Waals surface area contributed by atoms with Crippen LogP contribution in [-0.4, -0.2) is 180 Å². The molecule has 16 heteroatoms. The van der Waals surface area contributed by atoms with E-state index in [1.165, 1.54) is 12.1 Å². The largest absolute Gasteiger partial charge is 0.491 e. The molecule has 0 aliphatic heterocycles. The third-order valence-corrected chi connectivity index (χ3v) is 5.57. The normalized spacial score (nSPS) is 11.3. The van der Waals surface area contributed by atoms with Crippen molar-refractivity contribution in [2.75, 3.05) is 159 Å². The van der Waals surface area contributed by atoms with Crippen LogP contribution < -0.4 is 9.47 Å². The summed E-state index contributed by atoms with van der Waals surface area (Å²) >= 11 is 0. The number of aromatic carboxylic acids is 1. The van der Waals surface area contributed by atoms with Gasteiger partial charge in [-0.05, 0) is 12.1 Å². The maximum absolute atomic E-state index is 11.5. The first-order chi connectivity index (χ1) is 23.2. The summed E-state index contributed by atoms with van der Waals surface area (Å²) < 4.78 is 64.8. The lowest BCUT2D eigenvalue weighted by Gasteiger charge is -2.12. The Morgan fingerprint density at radius 3 is 0.851 bits per heavy atom. The second-order valence-electron chi connectivity index (χ2n) is 9.27. The molecule has 0 aromatic heterocycles. The first-order valence-corrected chi connectivity index (χ1v) is 15.8. The summed E-state index contributed by atoms with van der Waals surface area (Å²) in [5.74, 6) is -0.384. The maximum atomic E-state index is 11.5. The van der Waals surface area contributed by atoms with Gasteiger partial charge in [0.25, 0.3) is 0 Å². The zero-order valence-electron chi connectivity index (χ0n) is 27.4. The molecule has 0 amide bonds. The third-order valence-electron chi connectivity index (χ3n) is 5.57. The minimum atomic E-state index is -1.09. The molecule has 47 heavy (non-hydrogen) atoms. The summed E-state index contributed by atoms with van der Waals surface area (Å²) in [7, 11) is 0. The van der Waals surface area contributed by atoms with Gasteiger partial charge >= 0.3 is 5.97 Å². The Hall–Kier alpha value is -2.19. The number of ether oxygens (including phenoxy) is 12. The van der Waals surface area contributed by atoms with E-state index in [0.717, 1.165) is 0 Å². The fraction of sp³-hybridized carbons (Fsp3) is 0.774. The SMILES string of the molecule is O=C(O)c1cc(OCCOCCOCCOCCOCCOCCO)cc(OCCOCCOCCOCCOCCOCCO)c1. The number of benzene rings is 1. The van der Waals surface area contributed by atoms with Crippen LogP contribution in [-0.2, 0) is 47.4 Å². The number of hydrogen-bond acceptors (Lipinski definition) is 15. The Bertz CT molecular complexity index is 774. The Morgan fingerprint density at radius 2 is 0.617 bits per heavy atom. The van der Waals surface area contributed by atoms with Gasteiger partial charge in [0.15, 0.2) is 0 Å². The summed E-state index contributed by atoms with van der Waals surface area (Å²) in [5, 5.41) is 26.6. The molecule has 3 N–H and O–H groups in total. The molecule has 1 aromatic carbocycles. The van der Waals surface area contributed by atoms with Crippen LogP contribution in [0.4, 0.5) is 0 Å². The number of rotatable bonds is 37. The molecule has 0 unspecified atom stereocenters. The fourth-order valence-corrected chi connectivity index (χ4v) is 3.39. The van der Waals surface area contributed by atoms with Gasteiger partial charge in [0.2, 0.25) is 0 Å². The first kappa shape index (κ1) is 42.8. The standard InChI is InChI=1S/C31H54O16/c32-1-3-36-5-7-38-9-11-40-13-15-42-17-19-44-21-23-46-29-25-28(31(34)35)26-30(27-29)47-24-22-45-20-18-43-16-14-41-12-10-39-8-6-37-4-2-33/h25-27,32-33H,1-24H2,(H,34,35). The minimum Gasteiger partial charge on any atom is -0.491 e. The molecule has 0 bridgehead atoms. The number of carboxylic acid groups (broad SMARTS) is 1. The zero-order valence-corrected chi connectivity index (χ0v) is 27.4. The summed E-state index contributed by atoms with van der Waals surface area (Å²) in [5.41, 5.74) is 0.0443. The topological polar surface area (TPSA) is 189 Å². The number of carboxylic acids is 1. The van der Waals surface area contributed by atoms with Gasteiger partial charge in [0.1, 0.15) is 24.7 Å². The van der Waals surface area contributed by atoms with Crippen molar-refractivity contribution in [3.8, 4) is 11.5 Å². The van der Waals surface area contributed by atoms with Crippen LogP contribution in [0.25, 0.3) is 0 Å². The molecule has 0 aliphatic carbocycles. The molecule has 0 heterocycles. The molecule has 16 nitrogen and oxygen atoms in total. The molecular formula is C31H54O16. The lowest BCUT2D eigenvalue weighted by molar-refractivity contribution is -0.0147. The van der Waals surface area contributed by atoms with Crippen LogP contribution in [0.3, 0.4) is 0 Å². The molecule has 274 valence electrons. The first-order valence-electron chi connectivity index (χ1n) is 15.8. The van der Waals surface area contributed by atoms with Crippen LogP contribution in [0.2, 0.25) is 0 Å². The predicted octanol–water partition coefficient (Wildman–Crippen LogP) is 0.293. The van der Waals surface area contributed by atoms with Crippen molar-refractivity contribution in [1.82, 2.24) is 0 Å². The van der Waals surface area contributed by atoms with Crippen molar-refractivity contribution in [1.29, 1.82) is 0 Å². The molecule has 0 spiro atoms. The van der Waals surface area contributed by atoms with E-state index in [0.29, 0.717) is 144 Å². The van der Waals surface area contributed by atoms with Gasteiger partial charge in [-0.2, -0.15) is 0 Å². The Kier molecular flexibility index (Phi) is 30.7. The minimum absolute atomic E-state index is 0.00161. The van der Waals surface area contributed by atoms with E-state index < -0.39 is 5.97 Å². The van der Waals surface area contributed by atoms with Crippen LogP contribution in [0.15, 0.2) is 18.2 Å². The summed E-state index contributed by atoms with van der Waals surface area (Å²) in [6, 6.07) is 4.47. The average molecular weight is 683 g/mol. The molecule has 0 atom stereocenters. The van der Waals surface area contributed by atoms with Gasteiger partial charge in [0, 0.05) is 6.07 Å². The highest BCUT2D eigenvalue weighted by Gasteiger charge is 2.09. The smallest absolute Gasteiger partial charge is 0.335 e. The number of hydrogen-bond donors (Lipinski definition) is 3. The van der Waals surface area contributed by atoms with E-state index in [-0.39, 0.29) is 32.0 Å². The Balaban J connectivity index is 2.01. The van der Waals surface area contributed by atoms with Crippen molar-refractivity contribution in [2.24, 2.45) is 0 Å². The molecule has 0 aliphatic rings. The van der Waals surface area contributed by atoms with E-state index >= 15 is 0 Å². The van der Waals surface area contributed by atoms with Gasteiger partial charge < -0.3 is 72.2 Å². The van der Waals surface area contributed by atoms with Crippen LogP contribution >= 0.6 is 0 Å². The van der Waals surface area contributed by atoms with Gasteiger partial charge in [-0.15, -0.1) is 0 Å². The van der Waals surface area contributed by atoms with E-state index in [1.54, 1.807) is 6.07 Å². The highest BCUT2D eigenvalue weighted by atomic mass is 16.6. The lowest BCUT2D eigenvalue weighted by atomic mass is 10.2. The Labute approximate surface area is 276 Å². The van der Waals surface area contributed by atoms with Crippen molar-refractivity contribution < 1.29 is 77.0 Å². The lowest BCUT2D eigenvalue weighted by Crippen LogP contribution is -2.15. The van der Waals surface area contributed by atoms with Gasteiger partial charge in [-0.25, -0.2) is 4.79 Å². The van der Waals surface area contributed by atoms with Gasteiger partial charge in [0.05, 0.1) is 151 Å². The van der Waals surface area contributed by atoms with Crippen molar-refractivity contribution in [2.45, 2.75) is 0 Å². The molecule has 1 rings (SSSR count). The number of carbonyl (C=O) groups is 1. The molecule has 0 saturated carbocycles. The zero-order chi connectivity index (χ0) is 33.9. The third kappa shape index (κ3) is 28.5. The van der Waals surface area contributed by atoms with Gasteiger partial charge in [-0.1, -0.05) is 0 Å². The van der Waals surface area contributed by atoms with Crippen LogP contribution in [0, 0.1) is 0 Å². The van der Waals surface area contributed by atoms with E-state index in [2.05, 4.69) is 0 Å². The number of aliphatic hydroxyl groups excluding tert-OH is 2. The number of aliphatic hydroxyl groups is 2. The molecule has 0 saturated heterocycles. The van der Waals surface area contributed by atoms with Crippen molar-refractivity contribution in [3.63, 3.8) is 0 Å². The maximum Gasteiger partial charge on any atom is 0.335 e. The summed E-state index contributed by atoms with van der Waals surface area (Å²) in [6.45, 7) is 8.59.